The van der Waals surface area contributed by atoms with Gasteiger partial charge in [0.2, 0.25) is 5.91 Å². The van der Waals surface area contributed by atoms with E-state index in [1.807, 2.05) is 30.8 Å². The molecule has 28 heavy (non-hydrogen) atoms. The minimum absolute atomic E-state index is 0.00972. The second-order valence-electron chi connectivity index (χ2n) is 7.06. The summed E-state index contributed by atoms with van der Waals surface area (Å²) in [5.41, 5.74) is 8.69. The number of hydrogen-bond donors (Lipinski definition) is 2. The molecule has 3 aromatic rings. The maximum Gasteiger partial charge on any atom is 0.254 e. The van der Waals surface area contributed by atoms with Gasteiger partial charge in [0.15, 0.2) is 5.65 Å². The summed E-state index contributed by atoms with van der Waals surface area (Å²) in [6.07, 6.45) is 5.98. The lowest BCUT2D eigenvalue weighted by Gasteiger charge is -2.14. The predicted octanol–water partition coefficient (Wildman–Crippen LogP) is 1.03. The molecule has 0 spiro atoms. The molecule has 3 N–H and O–H groups in total. The van der Waals surface area contributed by atoms with Crippen molar-refractivity contribution in [2.24, 2.45) is 11.7 Å². The first kappa shape index (κ1) is 19.5. The Hall–Kier alpha value is -3.23. The highest BCUT2D eigenvalue weighted by atomic mass is 16.1. The van der Waals surface area contributed by atoms with Gasteiger partial charge in [-0.3, -0.25) is 14.3 Å². The number of carbonyl (C=O) groups is 2. The number of primary amides is 1. The highest BCUT2D eigenvalue weighted by molar-refractivity contribution is 5.98. The zero-order valence-electron chi connectivity index (χ0n) is 16.3. The van der Waals surface area contributed by atoms with Crippen LogP contribution in [0.3, 0.4) is 0 Å². The fraction of sp³-hybridized carbons (Fsp3) is 0.421. The van der Waals surface area contributed by atoms with Crippen molar-refractivity contribution in [3.05, 3.63) is 47.2 Å². The lowest BCUT2D eigenvalue weighted by Crippen LogP contribution is -2.30. The molecule has 0 radical (unpaired) electrons. The van der Waals surface area contributed by atoms with Gasteiger partial charge in [-0.05, 0) is 37.8 Å². The Kier molecular flexibility index (Phi) is 5.72. The molecule has 0 bridgehead atoms. The van der Waals surface area contributed by atoms with Crippen molar-refractivity contribution >= 4 is 17.5 Å². The Morgan fingerprint density at radius 2 is 2.07 bits per heavy atom. The molecule has 3 heterocycles. The molecule has 3 aromatic heterocycles. The summed E-state index contributed by atoms with van der Waals surface area (Å²) in [6, 6.07) is 1.88. The van der Waals surface area contributed by atoms with Crippen molar-refractivity contribution < 1.29 is 9.59 Å². The molecular weight excluding hydrogens is 358 g/mol. The third-order valence-electron chi connectivity index (χ3n) is 4.78. The van der Waals surface area contributed by atoms with E-state index in [1.165, 1.54) is 6.20 Å². The minimum Gasteiger partial charge on any atom is -0.365 e. The molecular formula is C19H25N7O2. The molecule has 0 fully saturated rings. The van der Waals surface area contributed by atoms with Crippen LogP contribution in [0.2, 0.25) is 0 Å². The molecule has 0 saturated heterocycles. The summed E-state index contributed by atoms with van der Waals surface area (Å²) in [6.45, 7) is 7.19. The van der Waals surface area contributed by atoms with Crippen LogP contribution in [0.4, 0.5) is 0 Å². The minimum atomic E-state index is -0.558. The van der Waals surface area contributed by atoms with Crippen LogP contribution in [0.1, 0.15) is 40.7 Å². The number of amides is 2. The van der Waals surface area contributed by atoms with Crippen molar-refractivity contribution in [3.8, 4) is 0 Å². The third kappa shape index (κ3) is 4.19. The van der Waals surface area contributed by atoms with Crippen molar-refractivity contribution in [1.82, 2.24) is 29.7 Å². The summed E-state index contributed by atoms with van der Waals surface area (Å²) in [4.78, 5) is 28.2. The molecule has 0 saturated carbocycles. The number of hydrogen-bond acceptors (Lipinski definition) is 5. The summed E-state index contributed by atoms with van der Waals surface area (Å²) in [5, 5.41) is 11.4. The van der Waals surface area contributed by atoms with E-state index in [0.29, 0.717) is 30.6 Å². The van der Waals surface area contributed by atoms with Crippen molar-refractivity contribution in [2.45, 2.75) is 40.2 Å². The highest BCUT2D eigenvalue weighted by Gasteiger charge is 2.17. The van der Waals surface area contributed by atoms with E-state index >= 15 is 0 Å². The molecule has 1 atom stereocenters. The van der Waals surface area contributed by atoms with E-state index < -0.39 is 5.91 Å². The van der Waals surface area contributed by atoms with Gasteiger partial charge in [0.05, 0.1) is 6.20 Å². The van der Waals surface area contributed by atoms with Gasteiger partial charge < -0.3 is 11.1 Å². The zero-order chi connectivity index (χ0) is 20.3. The van der Waals surface area contributed by atoms with Gasteiger partial charge in [-0.25, -0.2) is 9.50 Å². The Balaban J connectivity index is 1.60. The van der Waals surface area contributed by atoms with Crippen molar-refractivity contribution in [3.63, 3.8) is 0 Å². The molecule has 2 amide bonds. The second-order valence-corrected chi connectivity index (χ2v) is 7.06. The van der Waals surface area contributed by atoms with Crippen LogP contribution in [0.25, 0.3) is 5.65 Å². The number of aryl methyl sites for hydroxylation is 2. The second kappa shape index (κ2) is 8.20. The van der Waals surface area contributed by atoms with Crippen LogP contribution in [0, 0.1) is 19.8 Å². The van der Waals surface area contributed by atoms with E-state index in [1.54, 1.807) is 10.7 Å². The van der Waals surface area contributed by atoms with Gasteiger partial charge in [-0.15, -0.1) is 0 Å². The number of nitrogens with one attached hydrogen (secondary N) is 1. The van der Waals surface area contributed by atoms with Crippen molar-refractivity contribution in [2.75, 3.05) is 6.54 Å². The maximum absolute atomic E-state index is 12.3. The van der Waals surface area contributed by atoms with E-state index in [2.05, 4.69) is 27.4 Å². The molecule has 0 aliphatic rings. The number of nitrogens with two attached hydrogens (primary N) is 1. The third-order valence-corrected chi connectivity index (χ3v) is 4.78. The Morgan fingerprint density at radius 3 is 2.75 bits per heavy atom. The van der Waals surface area contributed by atoms with Gasteiger partial charge in [0.25, 0.3) is 5.91 Å². The SMILES string of the molecule is Cc1nc2c(C(N)=O)cnn2c(C)c1CCC(=O)NCC(C)Cn1cccn1. The first-order valence-electron chi connectivity index (χ1n) is 9.24. The molecule has 1 unspecified atom stereocenters. The average Bonchev–Trinajstić information content (AvgIpc) is 3.29. The summed E-state index contributed by atoms with van der Waals surface area (Å²) in [5.74, 6) is -0.288. The van der Waals surface area contributed by atoms with E-state index in [9.17, 15) is 9.59 Å². The Morgan fingerprint density at radius 1 is 1.29 bits per heavy atom. The topological polar surface area (TPSA) is 120 Å². The standard InChI is InChI=1S/C19H25N7O2/c1-12(11-25-8-4-7-22-25)9-21-17(27)6-5-15-13(2)24-19-16(18(20)28)10-23-26(19)14(15)3/h4,7-8,10,12H,5-6,9,11H2,1-3H3,(H2,20,28)(H,21,27). The van der Waals surface area contributed by atoms with E-state index in [-0.39, 0.29) is 11.8 Å². The summed E-state index contributed by atoms with van der Waals surface area (Å²) >= 11 is 0. The van der Waals surface area contributed by atoms with Crippen LogP contribution in [-0.2, 0) is 17.8 Å². The normalized spacial score (nSPS) is 12.2. The number of nitrogens with zero attached hydrogens (tertiary/aromatic N) is 5. The lowest BCUT2D eigenvalue weighted by molar-refractivity contribution is -0.121. The Labute approximate surface area is 162 Å². The molecule has 0 aliphatic heterocycles. The number of carbonyl (C=O) groups excluding carboxylic acids is 2. The van der Waals surface area contributed by atoms with Gasteiger partial charge in [-0.1, -0.05) is 6.92 Å². The van der Waals surface area contributed by atoms with Crippen LogP contribution < -0.4 is 11.1 Å². The van der Waals surface area contributed by atoms with Crippen LogP contribution >= 0.6 is 0 Å². The van der Waals surface area contributed by atoms with Gasteiger partial charge in [-0.2, -0.15) is 10.2 Å². The van der Waals surface area contributed by atoms with Crippen LogP contribution in [0.15, 0.2) is 24.7 Å². The lowest BCUT2D eigenvalue weighted by atomic mass is 10.1. The van der Waals surface area contributed by atoms with E-state index in [4.69, 9.17) is 5.73 Å². The Bertz CT molecular complexity index is 992. The first-order chi connectivity index (χ1) is 13.4. The highest BCUT2D eigenvalue weighted by Crippen LogP contribution is 2.18. The summed E-state index contributed by atoms with van der Waals surface area (Å²) in [7, 11) is 0. The molecule has 0 aliphatic carbocycles. The van der Waals surface area contributed by atoms with Crippen LogP contribution in [0.5, 0.6) is 0 Å². The van der Waals surface area contributed by atoms with Gasteiger partial charge in [0.1, 0.15) is 5.56 Å². The zero-order valence-corrected chi connectivity index (χ0v) is 16.3. The maximum atomic E-state index is 12.3. The predicted molar refractivity (Wildman–Crippen MR) is 104 cm³/mol. The largest absolute Gasteiger partial charge is 0.365 e. The number of fused-ring (bicyclic) bond motifs is 1. The van der Waals surface area contributed by atoms with Gasteiger partial charge >= 0.3 is 0 Å². The quantitative estimate of drug-likeness (QED) is 0.602. The fourth-order valence-electron chi connectivity index (χ4n) is 3.25. The van der Waals surface area contributed by atoms with Crippen LogP contribution in [-0.4, -0.2) is 42.7 Å². The molecule has 9 heteroatoms. The fourth-order valence-corrected chi connectivity index (χ4v) is 3.25. The first-order valence-corrected chi connectivity index (χ1v) is 9.24. The molecule has 9 nitrogen and oxygen atoms in total. The molecule has 0 aromatic carbocycles. The van der Waals surface area contributed by atoms with Gasteiger partial charge in [0, 0.05) is 43.3 Å². The monoisotopic (exact) mass is 383 g/mol. The molecule has 3 rings (SSSR count). The van der Waals surface area contributed by atoms with Crippen molar-refractivity contribution in [1.29, 1.82) is 0 Å². The molecule has 148 valence electrons. The average molecular weight is 383 g/mol. The number of rotatable bonds is 8. The number of aromatic nitrogens is 5. The summed E-state index contributed by atoms with van der Waals surface area (Å²) < 4.78 is 3.46. The van der Waals surface area contributed by atoms with E-state index in [0.717, 1.165) is 23.5 Å². The smallest absolute Gasteiger partial charge is 0.254 e.